The average Bonchev–Trinajstić information content (AvgIpc) is 2.08. The predicted octanol–water partition coefficient (Wildman–Crippen LogP) is -0.600. The van der Waals surface area contributed by atoms with Crippen LogP contribution in [0.3, 0.4) is 0 Å². The zero-order valence-electron chi connectivity index (χ0n) is 6.42. The van der Waals surface area contributed by atoms with Gasteiger partial charge in [0.05, 0.1) is 0 Å². The van der Waals surface area contributed by atoms with Gasteiger partial charge in [-0.2, -0.15) is 0 Å². The molecule has 11 heavy (non-hydrogen) atoms. The first kappa shape index (κ1) is 6.67. The number of aromatic nitrogens is 2. The van der Waals surface area contributed by atoms with Gasteiger partial charge in [0.1, 0.15) is 0 Å². The molecule has 2 N–H and O–H groups in total. The van der Waals surface area contributed by atoms with Crippen molar-refractivity contribution in [1.29, 1.82) is 0 Å². The van der Waals surface area contributed by atoms with E-state index in [1.54, 1.807) is 13.1 Å². The number of aromatic amines is 1. The van der Waals surface area contributed by atoms with Crippen molar-refractivity contribution in [1.82, 2.24) is 15.1 Å². The van der Waals surface area contributed by atoms with Crippen molar-refractivity contribution in [3.63, 3.8) is 0 Å². The fourth-order valence-electron chi connectivity index (χ4n) is 1.23. The van der Waals surface area contributed by atoms with Crippen LogP contribution in [0.15, 0.2) is 10.9 Å². The molecule has 0 amide bonds. The predicted molar refractivity (Wildman–Crippen MR) is 41.6 cm³/mol. The second kappa shape index (κ2) is 2.23. The smallest absolute Gasteiger partial charge is 0.266 e. The maximum atomic E-state index is 11.0. The van der Waals surface area contributed by atoms with Crippen LogP contribution in [0, 0.1) is 0 Å². The lowest BCUT2D eigenvalue weighted by atomic mass is 10.00. The van der Waals surface area contributed by atoms with E-state index in [0.29, 0.717) is 5.92 Å². The first-order chi connectivity index (χ1) is 5.27. The summed E-state index contributed by atoms with van der Waals surface area (Å²) in [4.78, 5) is 11.0. The van der Waals surface area contributed by atoms with E-state index in [9.17, 15) is 4.79 Å². The summed E-state index contributed by atoms with van der Waals surface area (Å²) in [6.45, 7) is 1.97. The van der Waals surface area contributed by atoms with Crippen LogP contribution < -0.4 is 10.9 Å². The van der Waals surface area contributed by atoms with Crippen molar-refractivity contribution in [2.45, 2.75) is 5.92 Å². The number of rotatable bonds is 1. The summed E-state index contributed by atoms with van der Waals surface area (Å²) in [6, 6.07) is 1.67. The van der Waals surface area contributed by atoms with E-state index < -0.39 is 0 Å². The lowest BCUT2D eigenvalue weighted by Gasteiger charge is -2.25. The van der Waals surface area contributed by atoms with Gasteiger partial charge in [0.2, 0.25) is 0 Å². The molecule has 0 unspecified atom stereocenters. The Morgan fingerprint density at radius 1 is 1.64 bits per heavy atom. The van der Waals surface area contributed by atoms with Gasteiger partial charge in [0.15, 0.2) is 0 Å². The van der Waals surface area contributed by atoms with Crippen LogP contribution in [0.4, 0.5) is 0 Å². The number of hydrogen-bond donors (Lipinski definition) is 2. The Labute approximate surface area is 64.2 Å². The molecular weight excluding hydrogens is 142 g/mol. The molecule has 1 fully saturated rings. The Hall–Kier alpha value is -1.03. The Balaban J connectivity index is 2.31. The monoisotopic (exact) mass is 153 g/mol. The standard InChI is InChI=1S/C7H11N3O/c1-10-7(11)2-6(9-10)5-3-8-4-5/h2,5,8-9H,3-4H2,1H3. The largest absolute Gasteiger partial charge is 0.315 e. The third-order valence-corrected chi connectivity index (χ3v) is 2.13. The normalized spacial score (nSPS) is 18.3. The van der Waals surface area contributed by atoms with Gasteiger partial charge in [-0.05, 0) is 0 Å². The van der Waals surface area contributed by atoms with Gasteiger partial charge >= 0.3 is 0 Å². The van der Waals surface area contributed by atoms with Crippen molar-refractivity contribution in [2.24, 2.45) is 7.05 Å². The minimum Gasteiger partial charge on any atom is -0.315 e. The van der Waals surface area contributed by atoms with E-state index in [-0.39, 0.29) is 5.56 Å². The van der Waals surface area contributed by atoms with Crippen LogP contribution in [0.1, 0.15) is 11.6 Å². The number of nitrogens with one attached hydrogen (secondary N) is 2. The van der Waals surface area contributed by atoms with E-state index in [1.165, 1.54) is 4.68 Å². The molecule has 4 heteroatoms. The maximum Gasteiger partial charge on any atom is 0.266 e. The third kappa shape index (κ3) is 0.991. The molecule has 2 heterocycles. The highest BCUT2D eigenvalue weighted by Gasteiger charge is 2.20. The summed E-state index contributed by atoms with van der Waals surface area (Å²) >= 11 is 0. The Kier molecular flexibility index (Phi) is 1.35. The zero-order valence-corrected chi connectivity index (χ0v) is 6.42. The van der Waals surface area contributed by atoms with Crippen molar-refractivity contribution >= 4 is 0 Å². The molecule has 0 aromatic carbocycles. The van der Waals surface area contributed by atoms with Crippen LogP contribution >= 0.6 is 0 Å². The number of H-pyrrole nitrogens is 1. The van der Waals surface area contributed by atoms with Gasteiger partial charge in [0.25, 0.3) is 5.56 Å². The fraction of sp³-hybridized carbons (Fsp3) is 0.571. The minimum absolute atomic E-state index is 0.0481. The van der Waals surface area contributed by atoms with Gasteiger partial charge in [0, 0.05) is 37.8 Å². The Morgan fingerprint density at radius 2 is 2.36 bits per heavy atom. The molecule has 0 radical (unpaired) electrons. The second-order valence-electron chi connectivity index (χ2n) is 2.96. The maximum absolute atomic E-state index is 11.0. The highest BCUT2D eigenvalue weighted by Crippen LogP contribution is 2.14. The van der Waals surface area contributed by atoms with Crippen LogP contribution in [-0.2, 0) is 7.05 Å². The third-order valence-electron chi connectivity index (χ3n) is 2.13. The van der Waals surface area contributed by atoms with Crippen LogP contribution in [-0.4, -0.2) is 22.9 Å². The van der Waals surface area contributed by atoms with Crippen molar-refractivity contribution in [3.05, 3.63) is 22.1 Å². The number of hydrogen-bond acceptors (Lipinski definition) is 2. The molecule has 0 aliphatic carbocycles. The second-order valence-corrected chi connectivity index (χ2v) is 2.96. The molecule has 60 valence electrons. The van der Waals surface area contributed by atoms with E-state index in [0.717, 1.165) is 18.8 Å². The highest BCUT2D eigenvalue weighted by molar-refractivity contribution is 5.11. The number of aryl methyl sites for hydroxylation is 1. The van der Waals surface area contributed by atoms with Crippen LogP contribution in [0.5, 0.6) is 0 Å². The first-order valence-electron chi connectivity index (χ1n) is 3.74. The molecule has 4 nitrogen and oxygen atoms in total. The molecule has 0 saturated carbocycles. The molecule has 1 aromatic rings. The summed E-state index contributed by atoms with van der Waals surface area (Å²) in [5, 5.41) is 6.17. The molecule has 0 atom stereocenters. The summed E-state index contributed by atoms with van der Waals surface area (Å²) in [5.41, 5.74) is 1.10. The van der Waals surface area contributed by atoms with E-state index in [2.05, 4.69) is 10.4 Å². The zero-order chi connectivity index (χ0) is 7.84. The molecule has 1 aliphatic rings. The Morgan fingerprint density at radius 3 is 2.73 bits per heavy atom. The quantitative estimate of drug-likeness (QED) is 0.566. The molecular formula is C7H11N3O. The Bertz CT molecular complexity index is 308. The van der Waals surface area contributed by atoms with Crippen molar-refractivity contribution in [2.75, 3.05) is 13.1 Å². The highest BCUT2D eigenvalue weighted by atomic mass is 16.1. The summed E-state index contributed by atoms with van der Waals surface area (Å²) in [5.74, 6) is 0.517. The molecule has 1 saturated heterocycles. The molecule has 1 aromatic heterocycles. The topological polar surface area (TPSA) is 49.8 Å². The number of nitrogens with zero attached hydrogens (tertiary/aromatic N) is 1. The SMILES string of the molecule is Cn1[nH]c(C2CNC2)cc1=O. The molecule has 0 spiro atoms. The molecule has 2 rings (SSSR count). The van der Waals surface area contributed by atoms with Crippen molar-refractivity contribution in [3.8, 4) is 0 Å². The van der Waals surface area contributed by atoms with Gasteiger partial charge < -0.3 is 5.32 Å². The van der Waals surface area contributed by atoms with Crippen LogP contribution in [0.25, 0.3) is 0 Å². The summed E-state index contributed by atoms with van der Waals surface area (Å²) in [7, 11) is 1.73. The lowest BCUT2D eigenvalue weighted by molar-refractivity contribution is 0.436. The first-order valence-corrected chi connectivity index (χ1v) is 3.74. The van der Waals surface area contributed by atoms with Gasteiger partial charge in [-0.25, -0.2) is 0 Å². The van der Waals surface area contributed by atoms with Gasteiger partial charge in [-0.1, -0.05) is 0 Å². The van der Waals surface area contributed by atoms with Gasteiger partial charge in [-0.3, -0.25) is 14.6 Å². The lowest BCUT2D eigenvalue weighted by Crippen LogP contribution is -2.40. The molecule has 0 bridgehead atoms. The average molecular weight is 153 g/mol. The van der Waals surface area contributed by atoms with E-state index in [4.69, 9.17) is 0 Å². The fourth-order valence-corrected chi connectivity index (χ4v) is 1.23. The minimum atomic E-state index is 0.0481. The van der Waals surface area contributed by atoms with E-state index in [1.807, 2.05) is 0 Å². The van der Waals surface area contributed by atoms with Crippen molar-refractivity contribution < 1.29 is 0 Å². The summed E-state index contributed by atoms with van der Waals surface area (Å²) < 4.78 is 1.51. The van der Waals surface area contributed by atoms with E-state index >= 15 is 0 Å². The van der Waals surface area contributed by atoms with Gasteiger partial charge in [-0.15, -0.1) is 0 Å². The molecule has 1 aliphatic heterocycles. The summed E-state index contributed by atoms with van der Waals surface area (Å²) in [6.07, 6.45) is 0. The van der Waals surface area contributed by atoms with Crippen LogP contribution in [0.2, 0.25) is 0 Å².